The van der Waals surface area contributed by atoms with Gasteiger partial charge in [-0.05, 0) is 18.6 Å². The van der Waals surface area contributed by atoms with Crippen LogP contribution in [-0.4, -0.2) is 17.7 Å². The van der Waals surface area contributed by atoms with E-state index in [1.54, 1.807) is 6.07 Å². The predicted molar refractivity (Wildman–Crippen MR) is 68.6 cm³/mol. The second-order valence-electron chi connectivity index (χ2n) is 3.90. The molecule has 2 aromatic rings. The molecule has 1 heterocycles. The zero-order valence-corrected chi connectivity index (χ0v) is 10.3. The van der Waals surface area contributed by atoms with Gasteiger partial charge in [-0.3, -0.25) is 0 Å². The van der Waals surface area contributed by atoms with Crippen LogP contribution in [0.1, 0.15) is 19.8 Å². The van der Waals surface area contributed by atoms with E-state index in [2.05, 4.69) is 4.98 Å². The number of unbranched alkanes of at least 4 members (excludes halogenated alkanes) is 1. The standard InChI is InChI=1S/C14H15NO3/c1-2-3-10-17-14(16)18-13-9-8-11-6-4-5-7-12(11)15-13/h4-9H,2-3,10H2,1H3. The number of hydrogen-bond acceptors (Lipinski definition) is 4. The number of hydrogen-bond donors (Lipinski definition) is 0. The largest absolute Gasteiger partial charge is 0.515 e. The van der Waals surface area contributed by atoms with Crippen molar-refractivity contribution >= 4 is 17.1 Å². The van der Waals surface area contributed by atoms with E-state index in [0.717, 1.165) is 23.7 Å². The molecule has 0 saturated heterocycles. The number of pyridine rings is 1. The molecule has 4 heteroatoms. The van der Waals surface area contributed by atoms with Crippen LogP contribution in [0.25, 0.3) is 10.9 Å². The van der Waals surface area contributed by atoms with E-state index in [-0.39, 0.29) is 5.88 Å². The zero-order chi connectivity index (χ0) is 12.8. The minimum absolute atomic E-state index is 0.259. The van der Waals surface area contributed by atoms with E-state index in [9.17, 15) is 4.79 Å². The normalized spacial score (nSPS) is 10.3. The van der Waals surface area contributed by atoms with Crippen molar-refractivity contribution < 1.29 is 14.3 Å². The van der Waals surface area contributed by atoms with Crippen LogP contribution in [0.2, 0.25) is 0 Å². The molecule has 0 spiro atoms. The molecule has 0 saturated carbocycles. The molecule has 2 rings (SSSR count). The van der Waals surface area contributed by atoms with E-state index in [1.165, 1.54) is 0 Å². The smallest absolute Gasteiger partial charge is 0.434 e. The Kier molecular flexibility index (Phi) is 4.12. The lowest BCUT2D eigenvalue weighted by Crippen LogP contribution is -2.12. The third-order valence-corrected chi connectivity index (χ3v) is 2.48. The van der Waals surface area contributed by atoms with Gasteiger partial charge in [0, 0.05) is 11.5 Å². The highest BCUT2D eigenvalue weighted by Gasteiger charge is 2.07. The summed E-state index contributed by atoms with van der Waals surface area (Å²) >= 11 is 0. The molecule has 0 atom stereocenters. The fraction of sp³-hybridized carbons (Fsp3) is 0.286. The highest BCUT2D eigenvalue weighted by Crippen LogP contribution is 2.16. The Hall–Kier alpha value is -2.10. The predicted octanol–water partition coefficient (Wildman–Crippen LogP) is 3.55. The van der Waals surface area contributed by atoms with E-state index < -0.39 is 6.16 Å². The third kappa shape index (κ3) is 3.20. The Morgan fingerprint density at radius 3 is 2.89 bits per heavy atom. The highest BCUT2D eigenvalue weighted by molar-refractivity contribution is 5.79. The van der Waals surface area contributed by atoms with Crippen molar-refractivity contribution in [1.82, 2.24) is 4.98 Å². The van der Waals surface area contributed by atoms with Gasteiger partial charge >= 0.3 is 6.16 Å². The number of para-hydroxylation sites is 1. The first-order chi connectivity index (χ1) is 8.79. The highest BCUT2D eigenvalue weighted by atomic mass is 16.7. The zero-order valence-electron chi connectivity index (χ0n) is 10.3. The molecule has 0 fully saturated rings. The molecular formula is C14H15NO3. The maximum Gasteiger partial charge on any atom is 0.515 e. The first-order valence-electron chi connectivity index (χ1n) is 6.00. The summed E-state index contributed by atoms with van der Waals surface area (Å²) in [6.45, 7) is 2.41. The number of fused-ring (bicyclic) bond motifs is 1. The number of benzene rings is 1. The van der Waals surface area contributed by atoms with Crippen molar-refractivity contribution in [3.63, 3.8) is 0 Å². The molecule has 0 aliphatic heterocycles. The van der Waals surface area contributed by atoms with Crippen molar-refractivity contribution in [2.45, 2.75) is 19.8 Å². The first-order valence-corrected chi connectivity index (χ1v) is 6.00. The number of ether oxygens (including phenoxy) is 2. The van der Waals surface area contributed by atoms with Gasteiger partial charge < -0.3 is 9.47 Å². The molecule has 0 bridgehead atoms. The summed E-state index contributed by atoms with van der Waals surface area (Å²) in [4.78, 5) is 15.6. The molecule has 1 aromatic carbocycles. The summed E-state index contributed by atoms with van der Waals surface area (Å²) in [5.41, 5.74) is 0.788. The molecule has 0 aliphatic rings. The molecule has 0 N–H and O–H groups in total. The maximum atomic E-state index is 11.3. The summed E-state index contributed by atoms with van der Waals surface area (Å²) in [6, 6.07) is 11.2. The quantitative estimate of drug-likeness (QED) is 0.610. The average molecular weight is 245 g/mol. The van der Waals surface area contributed by atoms with E-state index in [0.29, 0.717) is 6.61 Å². The minimum atomic E-state index is -0.703. The van der Waals surface area contributed by atoms with Crippen molar-refractivity contribution in [3.05, 3.63) is 36.4 Å². The molecule has 1 aromatic heterocycles. The van der Waals surface area contributed by atoms with E-state index in [4.69, 9.17) is 9.47 Å². The molecule has 0 amide bonds. The minimum Gasteiger partial charge on any atom is -0.434 e. The van der Waals surface area contributed by atoms with Gasteiger partial charge in [-0.2, -0.15) is 0 Å². The Morgan fingerprint density at radius 2 is 2.06 bits per heavy atom. The maximum absolute atomic E-state index is 11.3. The van der Waals surface area contributed by atoms with Crippen LogP contribution in [0.4, 0.5) is 4.79 Å². The SMILES string of the molecule is CCCCOC(=O)Oc1ccc2ccccc2n1. The number of nitrogens with zero attached hydrogens (tertiary/aromatic N) is 1. The lowest BCUT2D eigenvalue weighted by Gasteiger charge is -2.05. The molecular weight excluding hydrogens is 230 g/mol. The number of aromatic nitrogens is 1. The summed E-state index contributed by atoms with van der Waals surface area (Å²) < 4.78 is 9.89. The van der Waals surface area contributed by atoms with Gasteiger partial charge in [0.2, 0.25) is 5.88 Å². The first kappa shape index (κ1) is 12.4. The molecule has 4 nitrogen and oxygen atoms in total. The number of rotatable bonds is 4. The van der Waals surface area contributed by atoms with E-state index in [1.807, 2.05) is 37.3 Å². The molecule has 18 heavy (non-hydrogen) atoms. The lowest BCUT2D eigenvalue weighted by atomic mass is 10.2. The average Bonchev–Trinajstić information content (AvgIpc) is 2.39. The van der Waals surface area contributed by atoms with Crippen molar-refractivity contribution in [2.24, 2.45) is 0 Å². The van der Waals surface area contributed by atoms with Crippen LogP contribution in [0.5, 0.6) is 5.88 Å². The Labute approximate surface area is 106 Å². The molecule has 0 radical (unpaired) electrons. The van der Waals surface area contributed by atoms with Crippen LogP contribution < -0.4 is 4.74 Å². The lowest BCUT2D eigenvalue weighted by molar-refractivity contribution is 0.0964. The molecule has 0 unspecified atom stereocenters. The fourth-order valence-electron chi connectivity index (χ4n) is 1.52. The fourth-order valence-corrected chi connectivity index (χ4v) is 1.52. The second-order valence-corrected chi connectivity index (χ2v) is 3.90. The number of carbonyl (C=O) groups excluding carboxylic acids is 1. The van der Waals surface area contributed by atoms with Gasteiger partial charge in [-0.15, -0.1) is 0 Å². The topological polar surface area (TPSA) is 48.4 Å². The van der Waals surface area contributed by atoms with Crippen molar-refractivity contribution in [3.8, 4) is 5.88 Å². The summed E-state index contributed by atoms with van der Waals surface area (Å²) in [5, 5.41) is 1.00. The van der Waals surface area contributed by atoms with E-state index >= 15 is 0 Å². The monoisotopic (exact) mass is 245 g/mol. The van der Waals surface area contributed by atoms with Gasteiger partial charge in [0.25, 0.3) is 0 Å². The Morgan fingerprint density at radius 1 is 1.22 bits per heavy atom. The summed E-state index contributed by atoms with van der Waals surface area (Å²) in [5.74, 6) is 0.259. The second kappa shape index (κ2) is 6.00. The van der Waals surface area contributed by atoms with Crippen LogP contribution in [0, 0.1) is 0 Å². The van der Waals surface area contributed by atoms with Gasteiger partial charge in [0.15, 0.2) is 0 Å². The third-order valence-electron chi connectivity index (χ3n) is 2.48. The van der Waals surface area contributed by atoms with Gasteiger partial charge in [0.1, 0.15) is 0 Å². The van der Waals surface area contributed by atoms with Crippen LogP contribution >= 0.6 is 0 Å². The van der Waals surface area contributed by atoms with Crippen molar-refractivity contribution in [2.75, 3.05) is 6.61 Å². The van der Waals surface area contributed by atoms with Crippen molar-refractivity contribution in [1.29, 1.82) is 0 Å². The Bertz CT molecular complexity index is 539. The van der Waals surface area contributed by atoms with Crippen LogP contribution in [0.15, 0.2) is 36.4 Å². The molecule has 94 valence electrons. The number of carbonyl (C=O) groups is 1. The van der Waals surface area contributed by atoms with Gasteiger partial charge in [0.05, 0.1) is 12.1 Å². The molecule has 0 aliphatic carbocycles. The van der Waals surface area contributed by atoms with Gasteiger partial charge in [-0.25, -0.2) is 9.78 Å². The summed E-state index contributed by atoms with van der Waals surface area (Å²) in [7, 11) is 0. The van der Waals surface area contributed by atoms with Crippen LogP contribution in [-0.2, 0) is 4.74 Å². The Balaban J connectivity index is 2.01. The van der Waals surface area contributed by atoms with Crippen LogP contribution in [0.3, 0.4) is 0 Å². The summed E-state index contributed by atoms with van der Waals surface area (Å²) in [6.07, 6.45) is 1.10. The van der Waals surface area contributed by atoms with Gasteiger partial charge in [-0.1, -0.05) is 31.5 Å².